The van der Waals surface area contributed by atoms with Crippen molar-refractivity contribution in [2.75, 3.05) is 19.8 Å². The molecule has 2 saturated heterocycles. The van der Waals surface area contributed by atoms with Gasteiger partial charge in [-0.1, -0.05) is 0 Å². The van der Waals surface area contributed by atoms with Gasteiger partial charge in [0, 0.05) is 13.2 Å². The molecule has 0 aromatic carbocycles. The van der Waals surface area contributed by atoms with E-state index in [9.17, 15) is 14.7 Å². The summed E-state index contributed by atoms with van der Waals surface area (Å²) in [6, 6.07) is -0.704. The van der Waals surface area contributed by atoms with E-state index in [1.165, 1.54) is 4.90 Å². The monoisotopic (exact) mass is 285 g/mol. The average molecular weight is 285 g/mol. The van der Waals surface area contributed by atoms with Gasteiger partial charge < -0.3 is 19.5 Å². The van der Waals surface area contributed by atoms with Crippen molar-refractivity contribution in [1.82, 2.24) is 4.90 Å². The molecule has 20 heavy (non-hydrogen) atoms. The number of carboxylic acids is 1. The van der Waals surface area contributed by atoms with Crippen LogP contribution in [0, 0.1) is 0 Å². The van der Waals surface area contributed by atoms with Crippen molar-refractivity contribution in [2.24, 2.45) is 0 Å². The Morgan fingerprint density at radius 2 is 2.15 bits per heavy atom. The van der Waals surface area contributed by atoms with Crippen molar-refractivity contribution in [2.45, 2.75) is 57.3 Å². The van der Waals surface area contributed by atoms with Crippen LogP contribution in [0.4, 0.5) is 0 Å². The number of rotatable bonds is 5. The Labute approximate surface area is 119 Å². The molecule has 2 heterocycles. The standard InChI is InChI=1S/C14H23NO5/c1-10(20-9-11-5-4-8-19-11)13(16)15-7-3-2-6-12(15)14(17)18/h10-12H,2-9H2,1H3,(H,17,18). The van der Waals surface area contributed by atoms with Crippen LogP contribution in [-0.2, 0) is 19.1 Å². The van der Waals surface area contributed by atoms with E-state index in [-0.39, 0.29) is 12.0 Å². The number of amides is 1. The molecule has 0 spiro atoms. The minimum atomic E-state index is -0.927. The molecule has 0 saturated carbocycles. The molecule has 3 unspecified atom stereocenters. The molecule has 2 fully saturated rings. The number of hydrogen-bond donors (Lipinski definition) is 1. The number of aliphatic carboxylic acids is 1. The van der Waals surface area contributed by atoms with Gasteiger partial charge in [0.25, 0.3) is 5.91 Å². The Bertz CT molecular complexity index is 353. The summed E-state index contributed by atoms with van der Waals surface area (Å²) in [4.78, 5) is 25.0. The molecule has 2 aliphatic rings. The van der Waals surface area contributed by atoms with Gasteiger partial charge in [-0.3, -0.25) is 4.79 Å². The molecule has 0 bridgehead atoms. The molecule has 114 valence electrons. The fourth-order valence-electron chi connectivity index (χ4n) is 2.78. The summed E-state index contributed by atoms with van der Waals surface area (Å²) >= 11 is 0. The maximum Gasteiger partial charge on any atom is 0.326 e. The molecule has 2 rings (SSSR count). The second-order valence-corrected chi connectivity index (χ2v) is 5.49. The largest absolute Gasteiger partial charge is 0.480 e. The van der Waals surface area contributed by atoms with Gasteiger partial charge in [0.1, 0.15) is 12.1 Å². The topological polar surface area (TPSA) is 76.1 Å². The highest BCUT2D eigenvalue weighted by Crippen LogP contribution is 2.19. The van der Waals surface area contributed by atoms with Crippen LogP contribution >= 0.6 is 0 Å². The fourth-order valence-corrected chi connectivity index (χ4v) is 2.78. The van der Waals surface area contributed by atoms with E-state index in [0.29, 0.717) is 19.6 Å². The third-order valence-corrected chi connectivity index (χ3v) is 3.97. The fraction of sp³-hybridized carbons (Fsp3) is 0.857. The van der Waals surface area contributed by atoms with Crippen LogP contribution in [0.2, 0.25) is 0 Å². The smallest absolute Gasteiger partial charge is 0.326 e. The second kappa shape index (κ2) is 7.04. The predicted molar refractivity (Wildman–Crippen MR) is 71.4 cm³/mol. The molecule has 0 aromatic heterocycles. The number of nitrogens with zero attached hydrogens (tertiary/aromatic N) is 1. The lowest BCUT2D eigenvalue weighted by Gasteiger charge is -2.34. The van der Waals surface area contributed by atoms with Crippen LogP contribution in [0.15, 0.2) is 0 Å². The lowest BCUT2D eigenvalue weighted by Crippen LogP contribution is -2.51. The molecule has 6 nitrogen and oxygen atoms in total. The third kappa shape index (κ3) is 3.70. The Morgan fingerprint density at radius 1 is 1.35 bits per heavy atom. The number of hydrogen-bond acceptors (Lipinski definition) is 4. The van der Waals surface area contributed by atoms with Gasteiger partial charge >= 0.3 is 5.97 Å². The minimum absolute atomic E-state index is 0.0712. The highest BCUT2D eigenvalue weighted by atomic mass is 16.5. The maximum atomic E-state index is 12.3. The van der Waals surface area contributed by atoms with Crippen LogP contribution in [0.5, 0.6) is 0 Å². The molecular formula is C14H23NO5. The van der Waals surface area contributed by atoms with Gasteiger partial charge in [0.15, 0.2) is 0 Å². The van der Waals surface area contributed by atoms with E-state index >= 15 is 0 Å². The summed E-state index contributed by atoms with van der Waals surface area (Å²) < 4.78 is 11.0. The highest BCUT2D eigenvalue weighted by molar-refractivity contribution is 5.86. The van der Waals surface area contributed by atoms with Crippen molar-refractivity contribution < 1.29 is 24.2 Å². The van der Waals surface area contributed by atoms with E-state index in [4.69, 9.17) is 9.47 Å². The Morgan fingerprint density at radius 3 is 2.80 bits per heavy atom. The number of ether oxygens (including phenoxy) is 2. The summed E-state index contributed by atoms with van der Waals surface area (Å²) in [5, 5.41) is 9.19. The molecule has 0 radical (unpaired) electrons. The summed E-state index contributed by atoms with van der Waals surface area (Å²) in [5.41, 5.74) is 0. The van der Waals surface area contributed by atoms with Gasteiger partial charge in [0.2, 0.25) is 0 Å². The van der Waals surface area contributed by atoms with Crippen molar-refractivity contribution >= 4 is 11.9 Å². The average Bonchev–Trinajstić information content (AvgIpc) is 2.97. The van der Waals surface area contributed by atoms with E-state index in [1.54, 1.807) is 6.92 Å². The predicted octanol–water partition coefficient (Wildman–Crippen LogP) is 1.04. The maximum absolute atomic E-state index is 12.3. The normalized spacial score (nSPS) is 28.4. The van der Waals surface area contributed by atoms with Gasteiger partial charge in [-0.2, -0.15) is 0 Å². The number of likely N-dealkylation sites (tertiary alicyclic amines) is 1. The van der Waals surface area contributed by atoms with Crippen molar-refractivity contribution in [3.8, 4) is 0 Å². The molecule has 2 aliphatic heterocycles. The summed E-state index contributed by atoms with van der Waals surface area (Å²) in [7, 11) is 0. The number of carbonyl (C=O) groups excluding carboxylic acids is 1. The lowest BCUT2D eigenvalue weighted by atomic mass is 10.0. The zero-order valence-electron chi connectivity index (χ0n) is 11.9. The Balaban J connectivity index is 1.85. The van der Waals surface area contributed by atoms with Crippen LogP contribution in [0.1, 0.15) is 39.0 Å². The van der Waals surface area contributed by atoms with Gasteiger partial charge in [-0.15, -0.1) is 0 Å². The Hall–Kier alpha value is -1.14. The van der Waals surface area contributed by atoms with Gasteiger partial charge in [-0.05, 0) is 39.0 Å². The second-order valence-electron chi connectivity index (χ2n) is 5.49. The van der Waals surface area contributed by atoms with Crippen LogP contribution in [-0.4, -0.2) is 59.9 Å². The van der Waals surface area contributed by atoms with E-state index in [2.05, 4.69) is 0 Å². The SMILES string of the molecule is CC(OCC1CCCO1)C(=O)N1CCCCC1C(=O)O. The number of carbonyl (C=O) groups is 2. The zero-order chi connectivity index (χ0) is 14.5. The quantitative estimate of drug-likeness (QED) is 0.816. The first kappa shape index (κ1) is 15.3. The van der Waals surface area contributed by atoms with E-state index < -0.39 is 18.1 Å². The summed E-state index contributed by atoms with van der Waals surface area (Å²) in [6.45, 7) is 3.34. The molecule has 6 heteroatoms. The highest BCUT2D eigenvalue weighted by Gasteiger charge is 2.34. The lowest BCUT2D eigenvalue weighted by molar-refractivity contribution is -0.158. The molecule has 3 atom stereocenters. The van der Waals surface area contributed by atoms with Crippen LogP contribution in [0.25, 0.3) is 0 Å². The van der Waals surface area contributed by atoms with Crippen LogP contribution < -0.4 is 0 Å². The Kier molecular flexibility index (Phi) is 5.37. The van der Waals surface area contributed by atoms with Gasteiger partial charge in [0.05, 0.1) is 12.7 Å². The summed E-state index contributed by atoms with van der Waals surface area (Å²) in [6.07, 6.45) is 3.69. The van der Waals surface area contributed by atoms with E-state index in [1.807, 2.05) is 0 Å². The third-order valence-electron chi connectivity index (χ3n) is 3.97. The molecule has 0 aromatic rings. The van der Waals surface area contributed by atoms with E-state index in [0.717, 1.165) is 32.3 Å². The van der Waals surface area contributed by atoms with Crippen LogP contribution in [0.3, 0.4) is 0 Å². The molecule has 1 N–H and O–H groups in total. The first-order chi connectivity index (χ1) is 9.59. The minimum Gasteiger partial charge on any atom is -0.480 e. The first-order valence-electron chi connectivity index (χ1n) is 7.36. The van der Waals surface area contributed by atoms with Gasteiger partial charge in [-0.25, -0.2) is 4.79 Å². The van der Waals surface area contributed by atoms with Crippen molar-refractivity contribution in [1.29, 1.82) is 0 Å². The number of carboxylic acid groups (broad SMARTS) is 1. The van der Waals surface area contributed by atoms with Crippen molar-refractivity contribution in [3.05, 3.63) is 0 Å². The molecule has 1 amide bonds. The van der Waals surface area contributed by atoms with Crippen molar-refractivity contribution in [3.63, 3.8) is 0 Å². The zero-order valence-corrected chi connectivity index (χ0v) is 11.9. The first-order valence-corrected chi connectivity index (χ1v) is 7.36. The number of piperidine rings is 1. The molecular weight excluding hydrogens is 262 g/mol. The summed E-state index contributed by atoms with van der Waals surface area (Å²) in [5.74, 6) is -1.15. The molecule has 0 aliphatic carbocycles.